The van der Waals surface area contributed by atoms with E-state index in [1.807, 2.05) is 13.8 Å². The summed E-state index contributed by atoms with van der Waals surface area (Å²) in [7, 11) is 1.24. The Morgan fingerprint density at radius 1 is 1.21 bits per heavy atom. The maximum Gasteiger partial charge on any atom is 0.348 e. The number of hydrogen-bond acceptors (Lipinski definition) is 7. The number of nitrogens with one attached hydrogen (secondary N) is 1. The average Bonchev–Trinajstić information content (AvgIpc) is 3.06. The predicted molar refractivity (Wildman–Crippen MR) is 88.0 cm³/mol. The van der Waals surface area contributed by atoms with Crippen molar-refractivity contribution in [2.24, 2.45) is 5.92 Å². The van der Waals surface area contributed by atoms with Crippen LogP contribution in [0.25, 0.3) is 0 Å². The molecule has 132 valence electrons. The summed E-state index contributed by atoms with van der Waals surface area (Å²) in [5.41, 5.74) is 0. The van der Waals surface area contributed by atoms with Gasteiger partial charge in [0.15, 0.2) is 12.4 Å². The molecule has 0 spiro atoms. The molecule has 2 unspecified atom stereocenters. The lowest BCUT2D eigenvalue weighted by Gasteiger charge is -2.21. The highest BCUT2D eigenvalue weighted by molar-refractivity contribution is 7.15. The van der Waals surface area contributed by atoms with Crippen LogP contribution in [0.15, 0.2) is 12.1 Å². The molecule has 1 aromatic rings. The fraction of sp³-hybridized carbons (Fsp3) is 0.500. The van der Waals surface area contributed by atoms with Gasteiger partial charge in [0, 0.05) is 0 Å². The van der Waals surface area contributed by atoms with Crippen molar-refractivity contribution in [3.8, 4) is 0 Å². The third-order valence-electron chi connectivity index (χ3n) is 3.47. The molecule has 7 nitrogen and oxygen atoms in total. The number of thiophene rings is 1. The van der Waals surface area contributed by atoms with Gasteiger partial charge in [-0.3, -0.25) is 9.59 Å². The van der Waals surface area contributed by atoms with E-state index in [1.54, 1.807) is 0 Å². The fourth-order valence-electron chi connectivity index (χ4n) is 1.85. The molecular weight excluding hydrogens is 334 g/mol. The molecule has 0 aliphatic rings. The van der Waals surface area contributed by atoms with E-state index >= 15 is 0 Å². The second-order valence-corrected chi connectivity index (χ2v) is 6.33. The molecule has 1 aromatic heterocycles. The van der Waals surface area contributed by atoms with Gasteiger partial charge in [-0.15, -0.1) is 11.3 Å². The van der Waals surface area contributed by atoms with E-state index in [2.05, 4.69) is 10.1 Å². The van der Waals surface area contributed by atoms with Crippen LogP contribution in [-0.2, 0) is 19.1 Å². The van der Waals surface area contributed by atoms with Crippen molar-refractivity contribution in [1.82, 2.24) is 5.32 Å². The summed E-state index contributed by atoms with van der Waals surface area (Å²) in [6, 6.07) is 2.20. The van der Waals surface area contributed by atoms with Crippen LogP contribution in [0.3, 0.4) is 0 Å². The van der Waals surface area contributed by atoms with E-state index in [-0.39, 0.29) is 16.6 Å². The maximum atomic E-state index is 11.9. The highest BCUT2D eigenvalue weighted by atomic mass is 32.1. The molecule has 0 fully saturated rings. The lowest BCUT2D eigenvalue weighted by atomic mass is 9.99. The summed E-state index contributed by atoms with van der Waals surface area (Å²) in [5, 5.41) is 2.51. The van der Waals surface area contributed by atoms with E-state index < -0.39 is 30.5 Å². The van der Waals surface area contributed by atoms with Gasteiger partial charge >= 0.3 is 11.9 Å². The summed E-state index contributed by atoms with van der Waals surface area (Å²) in [6.07, 6.45) is 0.669. The molecule has 0 aliphatic heterocycles. The molecule has 2 atom stereocenters. The number of carbonyl (C=O) groups is 4. The first-order chi connectivity index (χ1) is 11.3. The smallest absolute Gasteiger partial charge is 0.348 e. The van der Waals surface area contributed by atoms with Crippen LogP contribution in [0.1, 0.15) is 46.5 Å². The minimum atomic E-state index is -0.794. The zero-order valence-corrected chi connectivity index (χ0v) is 14.9. The molecule has 1 N–H and O–H groups in total. The van der Waals surface area contributed by atoms with Gasteiger partial charge in [0.05, 0.1) is 12.0 Å². The quantitative estimate of drug-likeness (QED) is 0.564. The molecule has 1 amide bonds. The Hall–Kier alpha value is -2.22. The minimum absolute atomic E-state index is 0.118. The van der Waals surface area contributed by atoms with E-state index in [0.717, 1.165) is 11.3 Å². The van der Waals surface area contributed by atoms with Gasteiger partial charge in [0.2, 0.25) is 0 Å². The Labute approximate surface area is 144 Å². The number of Topliss-reactive ketones (excluding diaryl/α,β-unsaturated/α-hetero) is 1. The first-order valence-electron chi connectivity index (χ1n) is 7.45. The largest absolute Gasteiger partial charge is 0.467 e. The second kappa shape index (κ2) is 9.17. The van der Waals surface area contributed by atoms with Crippen LogP contribution in [-0.4, -0.2) is 43.4 Å². The van der Waals surface area contributed by atoms with Crippen molar-refractivity contribution >= 4 is 35.0 Å². The monoisotopic (exact) mass is 355 g/mol. The molecule has 1 rings (SSSR count). The number of rotatable bonds is 8. The van der Waals surface area contributed by atoms with Gasteiger partial charge in [0.25, 0.3) is 5.91 Å². The molecule has 0 saturated carbocycles. The first-order valence-corrected chi connectivity index (χ1v) is 8.26. The predicted octanol–water partition coefficient (Wildman–Crippen LogP) is 1.81. The van der Waals surface area contributed by atoms with Crippen LogP contribution < -0.4 is 5.32 Å². The molecule has 0 aliphatic carbocycles. The third-order valence-corrected chi connectivity index (χ3v) is 4.64. The van der Waals surface area contributed by atoms with E-state index in [9.17, 15) is 19.2 Å². The molecule has 24 heavy (non-hydrogen) atoms. The van der Waals surface area contributed by atoms with Crippen LogP contribution >= 0.6 is 11.3 Å². The van der Waals surface area contributed by atoms with Gasteiger partial charge in [0.1, 0.15) is 10.9 Å². The van der Waals surface area contributed by atoms with Crippen LogP contribution in [0.4, 0.5) is 0 Å². The van der Waals surface area contributed by atoms with Crippen LogP contribution in [0.2, 0.25) is 0 Å². The number of methoxy groups -OCH3 is 1. The zero-order chi connectivity index (χ0) is 18.3. The summed E-state index contributed by atoms with van der Waals surface area (Å²) < 4.78 is 9.57. The Kier molecular flexibility index (Phi) is 7.57. The van der Waals surface area contributed by atoms with Gasteiger partial charge in [-0.1, -0.05) is 20.3 Å². The standard InChI is InChI=1S/C16H21NO6S/c1-5-9(2)14(16(21)22-4)17-13(19)8-23-15(20)12-7-6-11(24-12)10(3)18/h6-7,9,14H,5,8H2,1-4H3,(H,17,19). The molecule has 0 saturated heterocycles. The number of amides is 1. The Morgan fingerprint density at radius 3 is 2.33 bits per heavy atom. The number of carbonyl (C=O) groups excluding carboxylic acids is 4. The van der Waals surface area contributed by atoms with Gasteiger partial charge in [-0.05, 0) is 25.0 Å². The molecule has 8 heteroatoms. The SMILES string of the molecule is CCC(C)C(NC(=O)COC(=O)c1ccc(C(C)=O)s1)C(=O)OC. The Morgan fingerprint density at radius 2 is 1.83 bits per heavy atom. The van der Waals surface area contributed by atoms with Gasteiger partial charge < -0.3 is 14.8 Å². The lowest BCUT2D eigenvalue weighted by Crippen LogP contribution is -2.47. The van der Waals surface area contributed by atoms with Gasteiger partial charge in [-0.25, -0.2) is 9.59 Å². The lowest BCUT2D eigenvalue weighted by molar-refractivity contribution is -0.147. The molecule has 0 aromatic carbocycles. The average molecular weight is 355 g/mol. The van der Waals surface area contributed by atoms with Crippen molar-refractivity contribution in [1.29, 1.82) is 0 Å². The van der Waals surface area contributed by atoms with Crippen molar-refractivity contribution in [3.05, 3.63) is 21.9 Å². The highest BCUT2D eigenvalue weighted by Crippen LogP contribution is 2.18. The number of hydrogen-bond donors (Lipinski definition) is 1. The van der Waals surface area contributed by atoms with Crippen LogP contribution in [0, 0.1) is 5.92 Å². The van der Waals surface area contributed by atoms with Gasteiger partial charge in [-0.2, -0.15) is 0 Å². The summed E-state index contributed by atoms with van der Waals surface area (Å²) in [4.78, 5) is 47.3. The first kappa shape index (κ1) is 19.8. The second-order valence-electron chi connectivity index (χ2n) is 5.25. The zero-order valence-electron chi connectivity index (χ0n) is 14.1. The van der Waals surface area contributed by atoms with E-state index in [0.29, 0.717) is 11.3 Å². The minimum Gasteiger partial charge on any atom is -0.467 e. The van der Waals surface area contributed by atoms with E-state index in [1.165, 1.54) is 26.2 Å². The normalized spacial score (nSPS) is 12.8. The summed E-state index contributed by atoms with van der Waals surface area (Å²) in [5.74, 6) is -2.10. The summed E-state index contributed by atoms with van der Waals surface area (Å²) in [6.45, 7) is 4.57. The Bertz CT molecular complexity index is 624. The highest BCUT2D eigenvalue weighted by Gasteiger charge is 2.27. The fourth-order valence-corrected chi connectivity index (χ4v) is 2.65. The van der Waals surface area contributed by atoms with Crippen molar-refractivity contribution in [2.75, 3.05) is 13.7 Å². The number of ketones is 1. The Balaban J connectivity index is 2.58. The molecule has 1 heterocycles. The van der Waals surface area contributed by atoms with Crippen LogP contribution in [0.5, 0.6) is 0 Å². The van der Waals surface area contributed by atoms with Crippen molar-refractivity contribution in [3.63, 3.8) is 0 Å². The molecule has 0 radical (unpaired) electrons. The topological polar surface area (TPSA) is 98.8 Å². The van der Waals surface area contributed by atoms with E-state index in [4.69, 9.17) is 4.74 Å². The molecule has 0 bridgehead atoms. The maximum absolute atomic E-state index is 11.9. The van der Waals surface area contributed by atoms with Crippen molar-refractivity contribution < 1.29 is 28.7 Å². The van der Waals surface area contributed by atoms with Crippen molar-refractivity contribution in [2.45, 2.75) is 33.2 Å². The molecular formula is C16H21NO6S. The number of esters is 2. The number of ether oxygens (including phenoxy) is 2. The third kappa shape index (κ3) is 5.45. The summed E-state index contributed by atoms with van der Waals surface area (Å²) >= 11 is 1.00.